The Kier molecular flexibility index (Phi) is 5.90. The van der Waals surface area contributed by atoms with Crippen molar-refractivity contribution in [2.24, 2.45) is 5.41 Å². The van der Waals surface area contributed by atoms with Crippen LogP contribution in [-0.2, 0) is 11.2 Å². The highest BCUT2D eigenvalue weighted by atomic mass is 16.4. The van der Waals surface area contributed by atoms with Gasteiger partial charge in [0.2, 0.25) is 5.91 Å². The number of aliphatic hydroxyl groups excluding tert-OH is 1. The van der Waals surface area contributed by atoms with Crippen LogP contribution in [0.2, 0.25) is 0 Å². The van der Waals surface area contributed by atoms with Gasteiger partial charge in [-0.1, -0.05) is 26.0 Å². The van der Waals surface area contributed by atoms with E-state index < -0.39 is 12.1 Å². The lowest BCUT2D eigenvalue weighted by molar-refractivity contribution is -0.121. The predicted octanol–water partition coefficient (Wildman–Crippen LogP) is 1.84. The third kappa shape index (κ3) is 6.40. The fourth-order valence-corrected chi connectivity index (χ4v) is 2.27. The molecule has 0 spiro atoms. The van der Waals surface area contributed by atoms with Crippen molar-refractivity contribution < 1.29 is 19.8 Å². The summed E-state index contributed by atoms with van der Waals surface area (Å²) in [5.41, 5.74) is 0.655. The summed E-state index contributed by atoms with van der Waals surface area (Å²) in [5.74, 6) is -1.16. The van der Waals surface area contributed by atoms with Crippen LogP contribution >= 0.6 is 0 Å². The second-order valence-electron chi connectivity index (χ2n) is 6.18. The molecular weight excluding hydrogens is 270 g/mol. The molecule has 0 bridgehead atoms. The summed E-state index contributed by atoms with van der Waals surface area (Å²) < 4.78 is 0. The van der Waals surface area contributed by atoms with Crippen LogP contribution in [0.3, 0.4) is 0 Å². The number of carbonyl (C=O) groups excluding carboxylic acids is 1. The van der Waals surface area contributed by atoms with Crippen LogP contribution in [0, 0.1) is 5.41 Å². The lowest BCUT2D eigenvalue weighted by atomic mass is 9.87. The Morgan fingerprint density at radius 1 is 1.33 bits per heavy atom. The summed E-state index contributed by atoms with van der Waals surface area (Å²) in [6.07, 6.45) is 0.331. The van der Waals surface area contributed by atoms with Gasteiger partial charge in [-0.05, 0) is 36.5 Å². The largest absolute Gasteiger partial charge is 0.478 e. The number of benzene rings is 1. The molecule has 0 aliphatic rings. The number of hydrogen-bond donors (Lipinski definition) is 3. The Bertz CT molecular complexity index is 509. The summed E-state index contributed by atoms with van der Waals surface area (Å²) in [4.78, 5) is 22.8. The van der Waals surface area contributed by atoms with Crippen molar-refractivity contribution in [3.8, 4) is 0 Å². The van der Waals surface area contributed by atoms with Gasteiger partial charge in [-0.25, -0.2) is 4.79 Å². The first-order valence-corrected chi connectivity index (χ1v) is 6.96. The monoisotopic (exact) mass is 293 g/mol. The van der Waals surface area contributed by atoms with Gasteiger partial charge >= 0.3 is 5.97 Å². The number of aliphatic hydroxyl groups is 1. The highest BCUT2D eigenvalue weighted by molar-refractivity contribution is 5.88. The molecule has 1 atom stereocenters. The van der Waals surface area contributed by atoms with E-state index in [1.165, 1.54) is 12.1 Å². The smallest absolute Gasteiger partial charge is 0.335 e. The Balaban J connectivity index is 2.54. The van der Waals surface area contributed by atoms with E-state index in [9.17, 15) is 14.7 Å². The topological polar surface area (TPSA) is 86.6 Å². The van der Waals surface area contributed by atoms with E-state index in [-0.39, 0.29) is 23.3 Å². The van der Waals surface area contributed by atoms with Crippen molar-refractivity contribution in [1.29, 1.82) is 0 Å². The highest BCUT2D eigenvalue weighted by Crippen LogP contribution is 2.21. The second-order valence-corrected chi connectivity index (χ2v) is 6.18. The number of aromatic carboxylic acids is 1. The number of carboxylic acid groups (broad SMARTS) is 1. The maximum Gasteiger partial charge on any atom is 0.335 e. The average Bonchev–Trinajstić information content (AvgIpc) is 2.35. The summed E-state index contributed by atoms with van der Waals surface area (Å²) in [5, 5.41) is 21.1. The van der Waals surface area contributed by atoms with E-state index in [1.54, 1.807) is 19.1 Å². The molecule has 1 aromatic carbocycles. The van der Waals surface area contributed by atoms with E-state index in [2.05, 4.69) is 5.32 Å². The number of rotatable bonds is 7. The molecule has 0 heterocycles. The highest BCUT2D eigenvalue weighted by Gasteiger charge is 2.21. The minimum Gasteiger partial charge on any atom is -0.478 e. The van der Waals surface area contributed by atoms with E-state index in [0.29, 0.717) is 18.5 Å². The molecule has 1 aromatic rings. The molecule has 116 valence electrons. The van der Waals surface area contributed by atoms with Crippen LogP contribution in [0.15, 0.2) is 24.3 Å². The van der Waals surface area contributed by atoms with Crippen LogP contribution < -0.4 is 5.32 Å². The Morgan fingerprint density at radius 2 is 2.00 bits per heavy atom. The zero-order valence-electron chi connectivity index (χ0n) is 12.7. The van der Waals surface area contributed by atoms with Crippen molar-refractivity contribution in [2.45, 2.75) is 39.7 Å². The molecule has 1 unspecified atom stereocenters. The van der Waals surface area contributed by atoms with E-state index in [0.717, 1.165) is 0 Å². The Hall–Kier alpha value is -1.88. The van der Waals surface area contributed by atoms with Crippen molar-refractivity contribution in [3.05, 3.63) is 35.4 Å². The molecule has 0 saturated heterocycles. The number of nitrogens with one attached hydrogen (secondary N) is 1. The maximum absolute atomic E-state index is 11.9. The van der Waals surface area contributed by atoms with Crippen LogP contribution in [-0.4, -0.2) is 34.7 Å². The fraction of sp³-hybridized carbons (Fsp3) is 0.500. The third-order valence-electron chi connectivity index (χ3n) is 3.15. The normalized spacial score (nSPS) is 12.8. The molecule has 1 rings (SSSR count). The molecule has 0 radical (unpaired) electrons. The minimum absolute atomic E-state index is 0.145. The molecule has 21 heavy (non-hydrogen) atoms. The van der Waals surface area contributed by atoms with Crippen molar-refractivity contribution >= 4 is 11.9 Å². The standard InChI is InChI=1S/C16H23NO4/c1-11(18)9-16(2,3)10-17-14(19)8-12-5-4-6-13(7-12)15(20)21/h4-7,11,18H,8-10H2,1-3H3,(H,17,19)(H,20,21). The van der Waals surface area contributed by atoms with Gasteiger partial charge in [0.05, 0.1) is 18.1 Å². The Labute approximate surface area is 125 Å². The molecule has 0 aromatic heterocycles. The lowest BCUT2D eigenvalue weighted by Gasteiger charge is -2.26. The van der Waals surface area contributed by atoms with Gasteiger partial charge in [-0.15, -0.1) is 0 Å². The summed E-state index contributed by atoms with van der Waals surface area (Å²) in [6.45, 7) is 6.15. The third-order valence-corrected chi connectivity index (χ3v) is 3.15. The van der Waals surface area contributed by atoms with Gasteiger partial charge in [-0.3, -0.25) is 4.79 Å². The minimum atomic E-state index is -1.00. The van der Waals surface area contributed by atoms with Crippen LogP contribution in [0.1, 0.15) is 43.1 Å². The molecule has 0 aliphatic carbocycles. The van der Waals surface area contributed by atoms with Crippen molar-refractivity contribution in [2.75, 3.05) is 6.54 Å². The zero-order chi connectivity index (χ0) is 16.0. The number of amides is 1. The van der Waals surface area contributed by atoms with Crippen molar-refractivity contribution in [3.63, 3.8) is 0 Å². The molecule has 3 N–H and O–H groups in total. The van der Waals surface area contributed by atoms with E-state index in [4.69, 9.17) is 5.11 Å². The second kappa shape index (κ2) is 7.22. The van der Waals surface area contributed by atoms with Gasteiger partial charge in [0.25, 0.3) is 0 Å². The van der Waals surface area contributed by atoms with Gasteiger partial charge in [0, 0.05) is 6.54 Å². The molecule has 0 saturated carbocycles. The quantitative estimate of drug-likeness (QED) is 0.716. The molecule has 5 nitrogen and oxygen atoms in total. The average molecular weight is 293 g/mol. The van der Waals surface area contributed by atoms with Crippen molar-refractivity contribution in [1.82, 2.24) is 5.32 Å². The van der Waals surface area contributed by atoms with Crippen LogP contribution in [0.25, 0.3) is 0 Å². The Morgan fingerprint density at radius 3 is 2.57 bits per heavy atom. The molecule has 5 heteroatoms. The maximum atomic E-state index is 11.9. The van der Waals surface area contributed by atoms with Gasteiger partial charge in [0.15, 0.2) is 0 Å². The SMILES string of the molecule is CC(O)CC(C)(C)CNC(=O)Cc1cccc(C(=O)O)c1. The molecule has 0 fully saturated rings. The number of hydrogen-bond acceptors (Lipinski definition) is 3. The first kappa shape index (κ1) is 17.2. The molecule has 1 amide bonds. The molecular formula is C16H23NO4. The summed E-state index contributed by atoms with van der Waals surface area (Å²) in [7, 11) is 0. The van der Waals surface area contributed by atoms with Crippen LogP contribution in [0.4, 0.5) is 0 Å². The first-order chi connectivity index (χ1) is 9.69. The van der Waals surface area contributed by atoms with Gasteiger partial charge in [-0.2, -0.15) is 0 Å². The number of carbonyl (C=O) groups is 2. The van der Waals surface area contributed by atoms with Gasteiger partial charge < -0.3 is 15.5 Å². The van der Waals surface area contributed by atoms with E-state index >= 15 is 0 Å². The predicted molar refractivity (Wildman–Crippen MR) is 80.2 cm³/mol. The first-order valence-electron chi connectivity index (χ1n) is 6.96. The van der Waals surface area contributed by atoms with Gasteiger partial charge in [0.1, 0.15) is 0 Å². The van der Waals surface area contributed by atoms with E-state index in [1.807, 2.05) is 13.8 Å². The molecule has 0 aliphatic heterocycles. The fourth-order valence-electron chi connectivity index (χ4n) is 2.27. The number of carboxylic acids is 1. The lowest BCUT2D eigenvalue weighted by Crippen LogP contribution is -2.36. The van der Waals surface area contributed by atoms with Crippen LogP contribution in [0.5, 0.6) is 0 Å². The zero-order valence-corrected chi connectivity index (χ0v) is 12.7. The summed E-state index contributed by atoms with van der Waals surface area (Å²) in [6, 6.07) is 6.36. The summed E-state index contributed by atoms with van der Waals surface area (Å²) >= 11 is 0.